The van der Waals surface area contributed by atoms with Gasteiger partial charge in [-0.15, -0.1) is 0 Å². The van der Waals surface area contributed by atoms with Gasteiger partial charge in [-0.25, -0.2) is 4.98 Å². The molecule has 2 heterocycles. The first kappa shape index (κ1) is 23.5. The molecule has 3 aromatic rings. The van der Waals surface area contributed by atoms with Gasteiger partial charge in [-0.3, -0.25) is 9.59 Å². The van der Waals surface area contributed by atoms with Gasteiger partial charge in [-0.1, -0.05) is 31.0 Å². The Labute approximate surface area is 189 Å². The number of carboxylic acids is 1. The molecule has 1 atom stereocenters. The van der Waals surface area contributed by atoms with Crippen molar-refractivity contribution in [2.45, 2.75) is 52.4 Å². The Bertz CT molecular complexity index is 1070. The Kier molecular flexibility index (Phi) is 8.03. The molecule has 2 aromatic heterocycles. The number of pyridine rings is 1. The minimum absolute atomic E-state index is 0.00807. The van der Waals surface area contributed by atoms with Gasteiger partial charge >= 0.3 is 5.97 Å². The number of fused-ring (bicyclic) bond motifs is 1. The summed E-state index contributed by atoms with van der Waals surface area (Å²) in [5.74, 6) is -0.120. The number of hydrogen-bond acceptors (Lipinski definition) is 4. The van der Waals surface area contributed by atoms with Crippen molar-refractivity contribution in [2.24, 2.45) is 13.0 Å². The zero-order valence-corrected chi connectivity index (χ0v) is 19.2. The smallest absolute Gasteiger partial charge is 0.303 e. The highest BCUT2D eigenvalue weighted by atomic mass is 16.4. The van der Waals surface area contributed by atoms with Crippen LogP contribution in [0.2, 0.25) is 0 Å². The van der Waals surface area contributed by atoms with Crippen LogP contribution in [0.5, 0.6) is 0 Å². The first-order valence-electron chi connectivity index (χ1n) is 11.3. The van der Waals surface area contributed by atoms with Gasteiger partial charge in [0.2, 0.25) is 0 Å². The second-order valence-corrected chi connectivity index (χ2v) is 8.68. The number of carbonyl (C=O) groups excluding carboxylic acids is 1. The summed E-state index contributed by atoms with van der Waals surface area (Å²) in [5.41, 5.74) is 3.99. The molecule has 0 aliphatic heterocycles. The molecule has 0 unspecified atom stereocenters. The maximum atomic E-state index is 13.3. The molecule has 0 bridgehead atoms. The van der Waals surface area contributed by atoms with Gasteiger partial charge in [-0.05, 0) is 56.4 Å². The Morgan fingerprint density at radius 1 is 1.12 bits per heavy atom. The van der Waals surface area contributed by atoms with E-state index in [4.69, 9.17) is 5.11 Å². The normalized spacial score (nSPS) is 12.1. The van der Waals surface area contributed by atoms with Gasteiger partial charge in [0.1, 0.15) is 5.82 Å². The Hall–Kier alpha value is -3.15. The van der Waals surface area contributed by atoms with E-state index >= 15 is 0 Å². The van der Waals surface area contributed by atoms with E-state index in [2.05, 4.69) is 33.1 Å². The molecule has 0 aliphatic carbocycles. The molecule has 0 saturated heterocycles. The van der Waals surface area contributed by atoms with E-state index in [0.29, 0.717) is 0 Å². The average Bonchev–Trinajstić information content (AvgIpc) is 3.01. The van der Waals surface area contributed by atoms with Crippen molar-refractivity contribution in [3.8, 4) is 0 Å². The summed E-state index contributed by atoms with van der Waals surface area (Å²) in [5, 5.41) is 13.4. The third-order valence-electron chi connectivity index (χ3n) is 5.87. The number of Topliss-reactive ketones (excluding diaryl/α,β-unsaturated/α-hetero) is 1. The molecule has 3 rings (SSSR count). The van der Waals surface area contributed by atoms with Crippen molar-refractivity contribution in [1.82, 2.24) is 9.55 Å². The third kappa shape index (κ3) is 5.96. The summed E-state index contributed by atoms with van der Waals surface area (Å²) < 4.78 is 2.13. The molecular formula is C26H33N3O3. The maximum absolute atomic E-state index is 13.3. The van der Waals surface area contributed by atoms with Crippen molar-refractivity contribution in [3.05, 3.63) is 59.4 Å². The molecule has 0 radical (unpaired) electrons. The summed E-state index contributed by atoms with van der Waals surface area (Å²) in [6.45, 7) is 4.72. The molecule has 1 aromatic carbocycles. The highest BCUT2D eigenvalue weighted by Gasteiger charge is 2.23. The fraction of sp³-hybridized carbons (Fsp3) is 0.423. The summed E-state index contributed by atoms with van der Waals surface area (Å²) in [6, 6.07) is 12.0. The lowest BCUT2D eigenvalue weighted by Gasteiger charge is -2.11. The van der Waals surface area contributed by atoms with Crippen molar-refractivity contribution < 1.29 is 14.7 Å². The number of aromatic nitrogens is 2. The van der Waals surface area contributed by atoms with E-state index in [1.54, 1.807) is 6.20 Å². The van der Waals surface area contributed by atoms with Gasteiger partial charge in [0.25, 0.3) is 0 Å². The monoisotopic (exact) mass is 435 g/mol. The van der Waals surface area contributed by atoms with E-state index in [-0.39, 0.29) is 24.5 Å². The molecular weight excluding hydrogens is 402 g/mol. The number of ketones is 1. The summed E-state index contributed by atoms with van der Waals surface area (Å²) in [6.07, 6.45) is 5.91. The number of hydrogen-bond donors (Lipinski definition) is 2. The lowest BCUT2D eigenvalue weighted by Crippen LogP contribution is -2.12. The number of nitrogens with one attached hydrogen (secondary N) is 1. The predicted octanol–water partition coefficient (Wildman–Crippen LogP) is 5.39. The Balaban J connectivity index is 1.69. The largest absolute Gasteiger partial charge is 0.481 e. The van der Waals surface area contributed by atoms with Crippen molar-refractivity contribution in [3.63, 3.8) is 0 Å². The van der Waals surface area contributed by atoms with E-state index < -0.39 is 5.97 Å². The van der Waals surface area contributed by atoms with Crippen LogP contribution in [0.1, 0.15) is 60.6 Å². The van der Waals surface area contributed by atoms with Crippen LogP contribution >= 0.6 is 0 Å². The summed E-state index contributed by atoms with van der Waals surface area (Å²) >= 11 is 0. The standard InChI is InChI=1S/C26H33N3O3/c1-18-11-12-21-20(15-18)26(23(30)16-19(2)17-25(31)32)22(29(21)3)9-5-4-7-13-27-24-10-6-8-14-28-24/h6,8,10-12,14-15,19H,4-5,7,9,13,16-17H2,1-3H3,(H,27,28)(H,31,32)/t19-/m0/s1. The number of aliphatic carboxylic acids is 1. The van der Waals surface area contributed by atoms with Crippen LogP contribution in [-0.2, 0) is 18.3 Å². The minimum Gasteiger partial charge on any atom is -0.481 e. The first-order chi connectivity index (χ1) is 15.4. The fourth-order valence-electron chi connectivity index (χ4n) is 4.28. The fourth-order valence-corrected chi connectivity index (χ4v) is 4.28. The zero-order chi connectivity index (χ0) is 23.1. The van der Waals surface area contributed by atoms with Gasteiger partial charge in [0.05, 0.1) is 0 Å². The van der Waals surface area contributed by atoms with Gasteiger partial charge in [-0.2, -0.15) is 0 Å². The molecule has 6 heteroatoms. The number of nitrogens with zero attached hydrogens (tertiary/aromatic N) is 2. The van der Waals surface area contributed by atoms with E-state index in [1.165, 1.54) is 0 Å². The summed E-state index contributed by atoms with van der Waals surface area (Å²) in [4.78, 5) is 28.6. The average molecular weight is 436 g/mol. The van der Waals surface area contributed by atoms with Gasteiger partial charge < -0.3 is 15.0 Å². The lowest BCUT2D eigenvalue weighted by atomic mass is 9.94. The van der Waals surface area contributed by atoms with Crippen LogP contribution in [0.25, 0.3) is 10.9 Å². The maximum Gasteiger partial charge on any atom is 0.303 e. The first-order valence-corrected chi connectivity index (χ1v) is 11.3. The number of benzene rings is 1. The van der Waals surface area contributed by atoms with Crippen LogP contribution in [0.4, 0.5) is 5.82 Å². The molecule has 2 N–H and O–H groups in total. The number of aryl methyl sites for hydroxylation is 2. The van der Waals surface area contributed by atoms with Crippen LogP contribution in [-0.4, -0.2) is 33.0 Å². The van der Waals surface area contributed by atoms with Gasteiger partial charge in [0, 0.05) is 54.8 Å². The molecule has 0 amide bonds. The van der Waals surface area contributed by atoms with E-state index in [0.717, 1.165) is 65.8 Å². The van der Waals surface area contributed by atoms with Crippen molar-refractivity contribution in [2.75, 3.05) is 11.9 Å². The second-order valence-electron chi connectivity index (χ2n) is 8.68. The Morgan fingerprint density at radius 2 is 1.94 bits per heavy atom. The topological polar surface area (TPSA) is 84.2 Å². The summed E-state index contributed by atoms with van der Waals surface area (Å²) in [7, 11) is 2.02. The quantitative estimate of drug-likeness (QED) is 0.294. The number of anilines is 1. The lowest BCUT2D eigenvalue weighted by molar-refractivity contribution is -0.137. The number of carbonyl (C=O) groups is 2. The van der Waals surface area contributed by atoms with Crippen molar-refractivity contribution >= 4 is 28.5 Å². The second kappa shape index (κ2) is 10.9. The molecule has 0 saturated carbocycles. The van der Waals surface area contributed by atoms with E-state index in [1.807, 2.05) is 39.1 Å². The minimum atomic E-state index is -0.862. The highest BCUT2D eigenvalue weighted by molar-refractivity contribution is 6.09. The highest BCUT2D eigenvalue weighted by Crippen LogP contribution is 2.30. The molecule has 6 nitrogen and oxygen atoms in total. The number of rotatable bonds is 12. The van der Waals surface area contributed by atoms with Crippen LogP contribution in [0, 0.1) is 12.8 Å². The molecule has 170 valence electrons. The predicted molar refractivity (Wildman–Crippen MR) is 128 cm³/mol. The van der Waals surface area contributed by atoms with Crippen molar-refractivity contribution in [1.29, 1.82) is 0 Å². The molecule has 0 spiro atoms. The zero-order valence-electron chi connectivity index (χ0n) is 19.2. The SMILES string of the molecule is Cc1ccc2c(c1)c(C(=O)C[C@H](C)CC(=O)O)c(CCCCCNc1ccccn1)n2C. The van der Waals surface area contributed by atoms with Crippen LogP contribution in [0.3, 0.4) is 0 Å². The molecule has 32 heavy (non-hydrogen) atoms. The molecule has 0 fully saturated rings. The van der Waals surface area contributed by atoms with Crippen LogP contribution < -0.4 is 5.32 Å². The number of unbranched alkanes of at least 4 members (excludes halogenated alkanes) is 2. The Morgan fingerprint density at radius 3 is 2.66 bits per heavy atom. The van der Waals surface area contributed by atoms with E-state index in [9.17, 15) is 9.59 Å². The molecule has 0 aliphatic rings. The third-order valence-corrected chi connectivity index (χ3v) is 5.87. The van der Waals surface area contributed by atoms with Gasteiger partial charge in [0.15, 0.2) is 5.78 Å². The number of carboxylic acid groups (broad SMARTS) is 1. The van der Waals surface area contributed by atoms with Crippen LogP contribution in [0.15, 0.2) is 42.6 Å².